The standard InChI is InChI=1S/C18H18O8/c1-23-11-7-5-9(13(17(19)20)15(11)25-3)10-6-8-12(24-2)16(26-4)14(10)18(21)22/h5-8H,1-4H3,(H,19,20)(H,21,22). The lowest BCUT2D eigenvalue weighted by molar-refractivity contribution is 0.0679. The van der Waals surface area contributed by atoms with Crippen LogP contribution in [0.2, 0.25) is 0 Å². The Hall–Kier alpha value is -3.42. The van der Waals surface area contributed by atoms with Crippen molar-refractivity contribution in [2.45, 2.75) is 0 Å². The highest BCUT2D eigenvalue weighted by molar-refractivity contribution is 6.06. The van der Waals surface area contributed by atoms with E-state index in [1.165, 1.54) is 52.7 Å². The summed E-state index contributed by atoms with van der Waals surface area (Å²) < 4.78 is 20.6. The van der Waals surface area contributed by atoms with Gasteiger partial charge in [0.1, 0.15) is 11.1 Å². The molecule has 138 valence electrons. The summed E-state index contributed by atoms with van der Waals surface area (Å²) in [4.78, 5) is 23.7. The smallest absolute Gasteiger partial charge is 0.340 e. The van der Waals surface area contributed by atoms with E-state index in [4.69, 9.17) is 18.9 Å². The molecule has 26 heavy (non-hydrogen) atoms. The van der Waals surface area contributed by atoms with E-state index in [2.05, 4.69) is 0 Å². The molecule has 0 aromatic heterocycles. The fourth-order valence-electron chi connectivity index (χ4n) is 2.73. The van der Waals surface area contributed by atoms with Gasteiger partial charge in [0.05, 0.1) is 28.4 Å². The number of hydrogen-bond donors (Lipinski definition) is 2. The summed E-state index contributed by atoms with van der Waals surface area (Å²) in [7, 11) is 5.37. The molecule has 0 unspecified atom stereocenters. The molecule has 0 radical (unpaired) electrons. The molecule has 2 aromatic rings. The monoisotopic (exact) mass is 362 g/mol. The van der Waals surface area contributed by atoms with Crippen LogP contribution >= 0.6 is 0 Å². The molecule has 0 saturated heterocycles. The van der Waals surface area contributed by atoms with Gasteiger partial charge in [-0.1, -0.05) is 0 Å². The zero-order valence-corrected chi connectivity index (χ0v) is 14.7. The molecule has 8 heteroatoms. The van der Waals surface area contributed by atoms with Crippen LogP contribution in [0.15, 0.2) is 24.3 Å². The molecule has 0 amide bonds. The van der Waals surface area contributed by atoms with Crippen molar-refractivity contribution in [3.63, 3.8) is 0 Å². The van der Waals surface area contributed by atoms with Gasteiger partial charge in [-0.15, -0.1) is 0 Å². The second kappa shape index (κ2) is 7.64. The van der Waals surface area contributed by atoms with Gasteiger partial charge in [-0.05, 0) is 24.3 Å². The van der Waals surface area contributed by atoms with Crippen LogP contribution in [0.4, 0.5) is 0 Å². The van der Waals surface area contributed by atoms with Gasteiger partial charge in [-0.25, -0.2) is 9.59 Å². The molecule has 2 N–H and O–H groups in total. The molecule has 2 aromatic carbocycles. The van der Waals surface area contributed by atoms with E-state index in [-0.39, 0.29) is 45.3 Å². The largest absolute Gasteiger partial charge is 0.493 e. The Morgan fingerprint density at radius 1 is 0.654 bits per heavy atom. The molecule has 0 saturated carbocycles. The second-order valence-corrected chi connectivity index (χ2v) is 5.06. The highest BCUT2D eigenvalue weighted by atomic mass is 16.5. The van der Waals surface area contributed by atoms with E-state index >= 15 is 0 Å². The van der Waals surface area contributed by atoms with Crippen molar-refractivity contribution in [1.82, 2.24) is 0 Å². The van der Waals surface area contributed by atoms with Gasteiger partial charge >= 0.3 is 11.9 Å². The number of carboxylic acids is 2. The Morgan fingerprint density at radius 2 is 1.00 bits per heavy atom. The van der Waals surface area contributed by atoms with Gasteiger partial charge in [0, 0.05) is 11.1 Å². The van der Waals surface area contributed by atoms with Gasteiger partial charge in [0.2, 0.25) is 0 Å². The van der Waals surface area contributed by atoms with Crippen molar-refractivity contribution in [2.75, 3.05) is 28.4 Å². The van der Waals surface area contributed by atoms with Crippen molar-refractivity contribution in [1.29, 1.82) is 0 Å². The van der Waals surface area contributed by atoms with Gasteiger partial charge < -0.3 is 29.2 Å². The molecular formula is C18H18O8. The van der Waals surface area contributed by atoms with Crippen LogP contribution in [0.5, 0.6) is 23.0 Å². The van der Waals surface area contributed by atoms with Crippen LogP contribution in [0.3, 0.4) is 0 Å². The zero-order valence-electron chi connectivity index (χ0n) is 14.7. The fraction of sp³-hybridized carbons (Fsp3) is 0.222. The van der Waals surface area contributed by atoms with Crippen molar-refractivity contribution < 1.29 is 38.7 Å². The van der Waals surface area contributed by atoms with Crippen LogP contribution in [0.1, 0.15) is 20.7 Å². The predicted octanol–water partition coefficient (Wildman–Crippen LogP) is 2.78. The van der Waals surface area contributed by atoms with Gasteiger partial charge in [-0.2, -0.15) is 0 Å². The van der Waals surface area contributed by atoms with Crippen LogP contribution in [0, 0.1) is 0 Å². The topological polar surface area (TPSA) is 112 Å². The third-order valence-corrected chi connectivity index (χ3v) is 3.81. The van der Waals surface area contributed by atoms with Crippen molar-refractivity contribution >= 4 is 11.9 Å². The lowest BCUT2D eigenvalue weighted by Gasteiger charge is -2.18. The normalized spacial score (nSPS) is 10.2. The first kappa shape index (κ1) is 18.9. The predicted molar refractivity (Wildman–Crippen MR) is 92.0 cm³/mol. The molecule has 0 bridgehead atoms. The summed E-state index contributed by atoms with van der Waals surface area (Å²) in [5.74, 6) is -2.17. The molecule has 2 rings (SSSR count). The van der Waals surface area contributed by atoms with E-state index in [1.807, 2.05) is 0 Å². The Kier molecular flexibility index (Phi) is 5.56. The molecule has 0 fully saturated rings. The number of methoxy groups -OCH3 is 4. The molecule has 0 aliphatic heterocycles. The molecular weight excluding hydrogens is 344 g/mol. The fourth-order valence-corrected chi connectivity index (χ4v) is 2.73. The molecule has 0 aliphatic rings. The average molecular weight is 362 g/mol. The summed E-state index contributed by atoms with van der Waals surface area (Å²) >= 11 is 0. The van der Waals surface area contributed by atoms with Crippen molar-refractivity contribution in [3.8, 4) is 34.1 Å². The number of carboxylic acid groups (broad SMARTS) is 2. The number of rotatable bonds is 7. The SMILES string of the molecule is COc1ccc(-c2ccc(OC)c(OC)c2C(=O)O)c(C(=O)O)c1OC. The minimum absolute atomic E-state index is 0.0105. The zero-order chi connectivity index (χ0) is 19.4. The number of benzene rings is 2. The molecule has 8 nitrogen and oxygen atoms in total. The summed E-state index contributed by atoms with van der Waals surface area (Å²) in [6.45, 7) is 0. The first-order valence-electron chi connectivity index (χ1n) is 7.38. The molecule has 0 heterocycles. The van der Waals surface area contributed by atoms with Crippen molar-refractivity contribution in [3.05, 3.63) is 35.4 Å². The first-order valence-corrected chi connectivity index (χ1v) is 7.38. The van der Waals surface area contributed by atoms with E-state index in [9.17, 15) is 19.8 Å². The summed E-state index contributed by atoms with van der Waals surface area (Å²) in [5.41, 5.74) is -0.148. The van der Waals surface area contributed by atoms with Gasteiger partial charge in [0.15, 0.2) is 23.0 Å². The quantitative estimate of drug-likeness (QED) is 0.773. The average Bonchev–Trinajstić information content (AvgIpc) is 2.64. The Balaban J connectivity index is 2.93. The second-order valence-electron chi connectivity index (χ2n) is 5.06. The van der Waals surface area contributed by atoms with Crippen LogP contribution in [-0.2, 0) is 0 Å². The van der Waals surface area contributed by atoms with E-state index in [1.54, 1.807) is 0 Å². The maximum absolute atomic E-state index is 11.9. The number of hydrogen-bond acceptors (Lipinski definition) is 6. The van der Waals surface area contributed by atoms with E-state index in [0.29, 0.717) is 0 Å². The Bertz CT molecular complexity index is 785. The third-order valence-electron chi connectivity index (χ3n) is 3.81. The summed E-state index contributed by atoms with van der Waals surface area (Å²) in [6, 6.07) is 5.92. The lowest BCUT2D eigenvalue weighted by Crippen LogP contribution is -2.09. The minimum atomic E-state index is -1.29. The maximum atomic E-state index is 11.9. The summed E-state index contributed by atoms with van der Waals surface area (Å²) in [6.07, 6.45) is 0. The van der Waals surface area contributed by atoms with E-state index in [0.717, 1.165) is 0 Å². The Labute approximate surface area is 149 Å². The number of carbonyl (C=O) groups is 2. The third kappa shape index (κ3) is 3.08. The van der Waals surface area contributed by atoms with Crippen molar-refractivity contribution in [2.24, 2.45) is 0 Å². The number of aromatic carboxylic acids is 2. The van der Waals surface area contributed by atoms with Crippen LogP contribution < -0.4 is 18.9 Å². The summed E-state index contributed by atoms with van der Waals surface area (Å²) in [5, 5.41) is 19.4. The van der Waals surface area contributed by atoms with E-state index < -0.39 is 11.9 Å². The molecule has 0 aliphatic carbocycles. The maximum Gasteiger partial charge on any atom is 0.340 e. The minimum Gasteiger partial charge on any atom is -0.493 e. The molecule has 0 spiro atoms. The highest BCUT2D eigenvalue weighted by Gasteiger charge is 2.28. The van der Waals surface area contributed by atoms with Gasteiger partial charge in [-0.3, -0.25) is 0 Å². The Morgan fingerprint density at radius 3 is 1.23 bits per heavy atom. The lowest BCUT2D eigenvalue weighted by atomic mass is 9.93. The molecule has 0 atom stereocenters. The number of ether oxygens (including phenoxy) is 4. The highest BCUT2D eigenvalue weighted by Crippen LogP contribution is 2.43. The van der Waals surface area contributed by atoms with Gasteiger partial charge in [0.25, 0.3) is 0 Å². The first-order chi connectivity index (χ1) is 12.4. The van der Waals surface area contributed by atoms with Crippen LogP contribution in [-0.4, -0.2) is 50.6 Å². The van der Waals surface area contributed by atoms with Crippen LogP contribution in [0.25, 0.3) is 11.1 Å².